The number of nitrogens with zero attached hydrogens (tertiary/aromatic N) is 2. The molecule has 0 spiro atoms. The van der Waals surface area contributed by atoms with Gasteiger partial charge in [-0.2, -0.15) is 0 Å². The number of hydrogen-bond donors (Lipinski definition) is 6. The van der Waals surface area contributed by atoms with Crippen LogP contribution in [0.1, 0.15) is 12.8 Å². The van der Waals surface area contributed by atoms with Crippen LogP contribution >= 0.6 is 0 Å². The first-order valence-corrected chi connectivity index (χ1v) is 10.1. The fraction of sp³-hybridized carbons (Fsp3) is 0.667. The molecule has 0 saturated heterocycles. The largest absolute Gasteiger partial charge is 0.492 e. The van der Waals surface area contributed by atoms with E-state index in [0.29, 0.717) is 25.9 Å². The second-order valence-electron chi connectivity index (χ2n) is 4.65. The summed E-state index contributed by atoms with van der Waals surface area (Å²) >= 11 is 0. The Bertz CT molecular complexity index is 352. The lowest BCUT2D eigenvalue weighted by Gasteiger charge is -2.07. The molecule has 0 bridgehead atoms. The summed E-state index contributed by atoms with van der Waals surface area (Å²) < 4.78 is 3.67. The Kier molecular flexibility index (Phi) is 5.82. The maximum absolute atomic E-state index is 8.86. The molecule has 0 unspecified atom stereocenters. The van der Waals surface area contributed by atoms with E-state index in [1.54, 1.807) is 18.7 Å². The van der Waals surface area contributed by atoms with Gasteiger partial charge in [-0.05, 0) is 12.8 Å². The van der Waals surface area contributed by atoms with E-state index < -0.39 is 17.6 Å². The molecule has 19 heavy (non-hydrogen) atoms. The summed E-state index contributed by atoms with van der Waals surface area (Å²) in [7, 11) is -7.89. The molecule has 0 aliphatic rings. The normalized spacial score (nSPS) is 12.9. The van der Waals surface area contributed by atoms with Crippen LogP contribution in [0.2, 0.25) is 12.1 Å². The molecular weight excluding hydrogens is 288 g/mol. The monoisotopic (exact) mass is 309 g/mol. The van der Waals surface area contributed by atoms with Crippen LogP contribution in [0.4, 0.5) is 0 Å². The maximum atomic E-state index is 8.86. The average Bonchev–Trinajstić information content (AvgIpc) is 2.62. The van der Waals surface area contributed by atoms with Gasteiger partial charge in [0.15, 0.2) is 0 Å². The minimum Gasteiger partial charge on any atom is -0.390 e. The van der Waals surface area contributed by atoms with Crippen molar-refractivity contribution in [3.05, 3.63) is 18.7 Å². The fourth-order valence-electron chi connectivity index (χ4n) is 1.70. The van der Waals surface area contributed by atoms with Gasteiger partial charge in [0, 0.05) is 12.1 Å². The lowest BCUT2D eigenvalue weighted by Crippen LogP contribution is -2.37. The summed E-state index contributed by atoms with van der Waals surface area (Å²) in [5.74, 6) is 0. The van der Waals surface area contributed by atoms with Crippen molar-refractivity contribution in [2.24, 2.45) is 0 Å². The summed E-state index contributed by atoms with van der Waals surface area (Å²) in [6.07, 6.45) is 6.33. The van der Waals surface area contributed by atoms with Gasteiger partial charge in [0.1, 0.15) is 12.4 Å². The van der Waals surface area contributed by atoms with Gasteiger partial charge in [0.25, 0.3) is 0 Å². The van der Waals surface area contributed by atoms with E-state index in [1.165, 1.54) is 0 Å². The van der Waals surface area contributed by atoms with Crippen LogP contribution in [-0.4, -0.2) is 50.9 Å². The summed E-state index contributed by atoms with van der Waals surface area (Å²) in [5, 5.41) is 0. The summed E-state index contributed by atoms with van der Waals surface area (Å²) in [4.78, 5) is 53.2. The summed E-state index contributed by atoms with van der Waals surface area (Å²) in [5.41, 5.74) is 0. The standard InChI is InChI=1S/C9H21N2O6Si2/c12-18(13,14)7-1-3-10-5-6-11(9-10)4-2-8-19(15,16)17/h5-6,9,12-17H,1-4,7-8H2/q+1. The zero-order chi connectivity index (χ0) is 14.5. The van der Waals surface area contributed by atoms with Crippen molar-refractivity contribution in [3.63, 3.8) is 0 Å². The minimum atomic E-state index is -3.95. The van der Waals surface area contributed by atoms with Gasteiger partial charge < -0.3 is 28.8 Å². The zero-order valence-corrected chi connectivity index (χ0v) is 12.6. The van der Waals surface area contributed by atoms with Crippen molar-refractivity contribution >= 4 is 17.6 Å². The first-order valence-electron chi connectivity index (χ1n) is 6.05. The molecule has 1 aromatic heterocycles. The Morgan fingerprint density at radius 3 is 2.05 bits per heavy atom. The van der Waals surface area contributed by atoms with Crippen molar-refractivity contribution in [1.82, 2.24) is 4.57 Å². The molecule has 0 fully saturated rings. The number of rotatable bonds is 8. The number of aryl methyl sites for hydroxylation is 2. The average molecular weight is 309 g/mol. The molecule has 0 aliphatic heterocycles. The molecule has 6 N–H and O–H groups in total. The van der Waals surface area contributed by atoms with Gasteiger partial charge in [0.2, 0.25) is 6.33 Å². The van der Waals surface area contributed by atoms with Crippen molar-refractivity contribution in [2.75, 3.05) is 0 Å². The van der Waals surface area contributed by atoms with Gasteiger partial charge in [-0.25, -0.2) is 9.13 Å². The van der Waals surface area contributed by atoms with E-state index in [-0.39, 0.29) is 12.1 Å². The van der Waals surface area contributed by atoms with E-state index in [2.05, 4.69) is 0 Å². The SMILES string of the molecule is O[Si](O)(O)CCCn1cc[n+](CCC[Si](O)(O)O)c1. The van der Waals surface area contributed by atoms with Crippen LogP contribution in [0.25, 0.3) is 0 Å². The number of imidazole rings is 1. The molecule has 0 aromatic carbocycles. The Morgan fingerprint density at radius 1 is 0.895 bits per heavy atom. The molecular formula is C9H21N2O6Si2+. The minimum absolute atomic E-state index is 0.00115. The molecule has 10 heteroatoms. The molecule has 1 aromatic rings. The Morgan fingerprint density at radius 2 is 1.47 bits per heavy atom. The number of hydrogen-bond acceptors (Lipinski definition) is 6. The predicted molar refractivity (Wildman–Crippen MR) is 68.3 cm³/mol. The quantitative estimate of drug-likeness (QED) is 0.230. The van der Waals surface area contributed by atoms with Gasteiger partial charge in [-0.3, -0.25) is 0 Å². The molecule has 0 saturated carbocycles. The Balaban J connectivity index is 2.28. The maximum Gasteiger partial charge on any atom is 0.492 e. The predicted octanol–water partition coefficient (Wildman–Crippen LogP) is -2.61. The van der Waals surface area contributed by atoms with Crippen molar-refractivity contribution in [3.8, 4) is 0 Å². The highest BCUT2D eigenvalue weighted by Crippen LogP contribution is 2.04. The molecule has 1 heterocycles. The smallest absolute Gasteiger partial charge is 0.390 e. The highest BCUT2D eigenvalue weighted by atomic mass is 28.4. The van der Waals surface area contributed by atoms with Crippen LogP contribution in [0.3, 0.4) is 0 Å². The van der Waals surface area contributed by atoms with E-state index in [0.717, 1.165) is 0 Å². The van der Waals surface area contributed by atoms with Crippen LogP contribution in [0.5, 0.6) is 0 Å². The van der Waals surface area contributed by atoms with Crippen LogP contribution < -0.4 is 4.57 Å². The van der Waals surface area contributed by atoms with Crippen LogP contribution in [0.15, 0.2) is 18.7 Å². The molecule has 110 valence electrons. The molecule has 0 amide bonds. The fourth-order valence-corrected chi connectivity index (χ4v) is 2.97. The van der Waals surface area contributed by atoms with Gasteiger partial charge in [0.05, 0.1) is 13.1 Å². The molecule has 1 rings (SSSR count). The van der Waals surface area contributed by atoms with E-state index in [9.17, 15) is 0 Å². The third-order valence-electron chi connectivity index (χ3n) is 2.60. The molecule has 0 radical (unpaired) electrons. The molecule has 0 aliphatic carbocycles. The second-order valence-corrected chi connectivity index (χ2v) is 8.74. The second kappa shape index (κ2) is 6.72. The number of aromatic nitrogens is 2. The highest BCUT2D eigenvalue weighted by molar-refractivity contribution is 6.56. The Labute approximate surface area is 113 Å². The topological polar surface area (TPSA) is 130 Å². The van der Waals surface area contributed by atoms with Crippen LogP contribution in [-0.2, 0) is 13.1 Å². The van der Waals surface area contributed by atoms with E-state index >= 15 is 0 Å². The van der Waals surface area contributed by atoms with Crippen molar-refractivity contribution < 1.29 is 33.3 Å². The lowest BCUT2D eigenvalue weighted by atomic mass is 10.5. The molecule has 0 atom stereocenters. The van der Waals surface area contributed by atoms with E-state index in [4.69, 9.17) is 28.8 Å². The first-order chi connectivity index (χ1) is 8.66. The first kappa shape index (κ1) is 16.5. The van der Waals surface area contributed by atoms with E-state index in [1.807, 2.05) is 9.13 Å². The third kappa shape index (κ3) is 8.23. The van der Waals surface area contributed by atoms with Gasteiger partial charge in [-0.15, -0.1) is 0 Å². The highest BCUT2D eigenvalue weighted by Gasteiger charge is 2.27. The summed E-state index contributed by atoms with van der Waals surface area (Å²) in [6, 6.07) is -0.00231. The third-order valence-corrected chi connectivity index (χ3v) is 4.65. The molecule has 8 nitrogen and oxygen atoms in total. The Hall–Kier alpha value is -0.596. The summed E-state index contributed by atoms with van der Waals surface area (Å²) in [6.45, 7) is 1.12. The van der Waals surface area contributed by atoms with Crippen molar-refractivity contribution in [1.29, 1.82) is 0 Å². The zero-order valence-electron chi connectivity index (χ0n) is 10.6. The lowest BCUT2D eigenvalue weighted by molar-refractivity contribution is -0.696. The van der Waals surface area contributed by atoms with Crippen molar-refractivity contribution in [2.45, 2.75) is 38.0 Å². The van der Waals surface area contributed by atoms with Crippen LogP contribution in [0, 0.1) is 0 Å². The van der Waals surface area contributed by atoms with Gasteiger partial charge >= 0.3 is 17.6 Å². The van der Waals surface area contributed by atoms with Gasteiger partial charge in [-0.1, -0.05) is 0 Å².